The summed E-state index contributed by atoms with van der Waals surface area (Å²) in [5.74, 6) is 1.02. The number of hydrogen-bond donors (Lipinski definition) is 1. The average molecular weight is 289 g/mol. The third-order valence-corrected chi connectivity index (χ3v) is 4.04. The van der Waals surface area contributed by atoms with Crippen molar-refractivity contribution in [1.29, 1.82) is 0 Å². The molecule has 0 unspecified atom stereocenters. The van der Waals surface area contributed by atoms with E-state index in [9.17, 15) is 4.39 Å². The molecule has 4 nitrogen and oxygen atoms in total. The van der Waals surface area contributed by atoms with Gasteiger partial charge >= 0.3 is 0 Å². The van der Waals surface area contributed by atoms with Crippen molar-refractivity contribution in [3.05, 3.63) is 47.5 Å². The number of benzene rings is 1. The number of ether oxygens (including phenoxy) is 1. The van der Waals surface area contributed by atoms with Gasteiger partial charge in [-0.3, -0.25) is 10.00 Å². The quantitative estimate of drug-likeness (QED) is 0.920. The molecular formula is C16H20FN3O. The molecule has 112 valence electrons. The maximum atomic E-state index is 12.8. The number of nitrogens with one attached hydrogen (secondary N) is 1. The van der Waals surface area contributed by atoms with E-state index in [4.69, 9.17) is 4.74 Å². The molecule has 0 saturated carbocycles. The first-order valence-corrected chi connectivity index (χ1v) is 7.33. The van der Waals surface area contributed by atoms with Crippen LogP contribution in [-0.4, -0.2) is 41.3 Å². The second kappa shape index (κ2) is 6.26. The zero-order valence-electron chi connectivity index (χ0n) is 12.2. The Morgan fingerprint density at radius 2 is 2.19 bits per heavy atom. The van der Waals surface area contributed by atoms with E-state index in [1.54, 1.807) is 12.1 Å². The van der Waals surface area contributed by atoms with Gasteiger partial charge < -0.3 is 4.74 Å². The molecule has 3 rings (SSSR count). The molecule has 0 amide bonds. The summed E-state index contributed by atoms with van der Waals surface area (Å²) in [6.45, 7) is 5.73. The van der Waals surface area contributed by atoms with Crippen LogP contribution in [0.2, 0.25) is 0 Å². The number of halogens is 1. The molecule has 2 aromatic rings. The third-order valence-electron chi connectivity index (χ3n) is 4.04. The molecule has 1 N–H and O–H groups in total. The Balaban J connectivity index is 1.45. The van der Waals surface area contributed by atoms with E-state index >= 15 is 0 Å². The molecule has 5 heteroatoms. The Hall–Kier alpha value is -1.88. The first-order chi connectivity index (χ1) is 10.2. The monoisotopic (exact) mass is 289 g/mol. The largest absolute Gasteiger partial charge is 0.492 e. The first kappa shape index (κ1) is 14.1. The fraction of sp³-hybridized carbons (Fsp3) is 0.438. The van der Waals surface area contributed by atoms with Gasteiger partial charge in [0.2, 0.25) is 0 Å². The van der Waals surface area contributed by atoms with Gasteiger partial charge in [0.25, 0.3) is 0 Å². The molecule has 1 atom stereocenters. The highest BCUT2D eigenvalue weighted by Crippen LogP contribution is 2.27. The minimum Gasteiger partial charge on any atom is -0.492 e. The van der Waals surface area contributed by atoms with Crippen LogP contribution in [0, 0.1) is 12.7 Å². The molecule has 1 saturated heterocycles. The smallest absolute Gasteiger partial charge is 0.123 e. The summed E-state index contributed by atoms with van der Waals surface area (Å²) in [5, 5.41) is 7.21. The van der Waals surface area contributed by atoms with Gasteiger partial charge in [0.05, 0.1) is 6.20 Å². The van der Waals surface area contributed by atoms with Gasteiger partial charge in [-0.25, -0.2) is 4.39 Å². The minimum absolute atomic E-state index is 0.236. The predicted molar refractivity (Wildman–Crippen MR) is 79.0 cm³/mol. The summed E-state index contributed by atoms with van der Waals surface area (Å²) >= 11 is 0. The molecule has 0 spiro atoms. The maximum Gasteiger partial charge on any atom is 0.123 e. The fourth-order valence-corrected chi connectivity index (χ4v) is 2.86. The number of aromatic nitrogens is 2. The van der Waals surface area contributed by atoms with Crippen LogP contribution in [0.15, 0.2) is 30.5 Å². The van der Waals surface area contributed by atoms with E-state index < -0.39 is 0 Å². The van der Waals surface area contributed by atoms with Crippen molar-refractivity contribution in [3.63, 3.8) is 0 Å². The number of rotatable bonds is 5. The van der Waals surface area contributed by atoms with E-state index in [1.165, 1.54) is 23.4 Å². The standard InChI is InChI=1S/C16H20FN3O/c1-12-10-18-19-16(12)13-6-7-20(11-13)8-9-21-15-4-2-14(17)3-5-15/h2-5,10,13H,6-9,11H2,1H3,(H,18,19)/t13-/m0/s1. The Morgan fingerprint density at radius 3 is 2.90 bits per heavy atom. The van der Waals surface area contributed by atoms with Gasteiger partial charge in [0.1, 0.15) is 18.2 Å². The Bertz CT molecular complexity index is 581. The molecule has 0 bridgehead atoms. The van der Waals surface area contributed by atoms with E-state index in [1.807, 2.05) is 6.20 Å². The number of H-pyrrole nitrogens is 1. The Kier molecular flexibility index (Phi) is 4.20. The van der Waals surface area contributed by atoms with E-state index in [-0.39, 0.29) is 5.82 Å². The predicted octanol–water partition coefficient (Wildman–Crippen LogP) is 2.73. The van der Waals surface area contributed by atoms with Crippen LogP contribution >= 0.6 is 0 Å². The van der Waals surface area contributed by atoms with Gasteiger partial charge in [-0.05, 0) is 49.7 Å². The van der Waals surface area contributed by atoms with Crippen molar-refractivity contribution in [2.45, 2.75) is 19.3 Å². The highest BCUT2D eigenvalue weighted by molar-refractivity contribution is 5.22. The van der Waals surface area contributed by atoms with Crippen molar-refractivity contribution in [2.75, 3.05) is 26.2 Å². The molecule has 1 aromatic heterocycles. The summed E-state index contributed by atoms with van der Waals surface area (Å²) in [5.41, 5.74) is 2.50. The lowest BCUT2D eigenvalue weighted by molar-refractivity contribution is 0.236. The molecule has 0 radical (unpaired) electrons. The lowest BCUT2D eigenvalue weighted by atomic mass is 10.0. The maximum absolute atomic E-state index is 12.8. The number of hydrogen-bond acceptors (Lipinski definition) is 3. The summed E-state index contributed by atoms with van der Waals surface area (Å²) < 4.78 is 18.4. The molecule has 1 aliphatic heterocycles. The molecule has 1 aliphatic rings. The number of nitrogens with zero attached hydrogens (tertiary/aromatic N) is 2. The van der Waals surface area contributed by atoms with Gasteiger partial charge in [0.15, 0.2) is 0 Å². The number of aryl methyl sites for hydroxylation is 1. The van der Waals surface area contributed by atoms with Crippen LogP contribution in [0.25, 0.3) is 0 Å². The zero-order chi connectivity index (χ0) is 14.7. The Morgan fingerprint density at radius 1 is 1.38 bits per heavy atom. The van der Waals surface area contributed by atoms with E-state index in [2.05, 4.69) is 22.0 Å². The van der Waals surface area contributed by atoms with E-state index in [0.717, 1.165) is 31.8 Å². The summed E-state index contributed by atoms with van der Waals surface area (Å²) in [7, 11) is 0. The van der Waals surface area contributed by atoms with Crippen LogP contribution in [0.3, 0.4) is 0 Å². The van der Waals surface area contributed by atoms with Crippen LogP contribution in [0.5, 0.6) is 5.75 Å². The third kappa shape index (κ3) is 3.42. The Labute approximate surface area is 123 Å². The second-order valence-corrected chi connectivity index (χ2v) is 5.56. The highest BCUT2D eigenvalue weighted by Gasteiger charge is 2.25. The first-order valence-electron chi connectivity index (χ1n) is 7.33. The lowest BCUT2D eigenvalue weighted by Crippen LogP contribution is -2.26. The molecule has 21 heavy (non-hydrogen) atoms. The normalized spacial score (nSPS) is 19.0. The summed E-state index contributed by atoms with van der Waals surface area (Å²) in [4.78, 5) is 2.40. The van der Waals surface area contributed by atoms with Gasteiger partial charge in [-0.15, -0.1) is 0 Å². The van der Waals surface area contributed by atoms with Crippen LogP contribution in [-0.2, 0) is 0 Å². The van der Waals surface area contributed by atoms with Crippen molar-refractivity contribution >= 4 is 0 Å². The molecule has 1 aromatic carbocycles. The summed E-state index contributed by atoms with van der Waals surface area (Å²) in [6.07, 6.45) is 3.04. The van der Waals surface area contributed by atoms with Crippen LogP contribution < -0.4 is 4.74 Å². The second-order valence-electron chi connectivity index (χ2n) is 5.56. The van der Waals surface area contributed by atoms with Gasteiger partial charge in [-0.2, -0.15) is 5.10 Å². The van der Waals surface area contributed by atoms with Crippen molar-refractivity contribution in [2.24, 2.45) is 0 Å². The SMILES string of the molecule is Cc1cn[nH]c1[C@H]1CCN(CCOc2ccc(F)cc2)C1. The summed E-state index contributed by atoms with van der Waals surface area (Å²) in [6, 6.07) is 6.16. The minimum atomic E-state index is -0.236. The average Bonchev–Trinajstić information content (AvgIpc) is 3.10. The van der Waals surface area contributed by atoms with Crippen molar-refractivity contribution in [3.8, 4) is 5.75 Å². The molecular weight excluding hydrogens is 269 g/mol. The topological polar surface area (TPSA) is 41.2 Å². The van der Waals surface area contributed by atoms with Gasteiger partial charge in [0, 0.05) is 24.7 Å². The van der Waals surface area contributed by atoms with Gasteiger partial charge in [-0.1, -0.05) is 0 Å². The lowest BCUT2D eigenvalue weighted by Gasteiger charge is -2.16. The van der Waals surface area contributed by atoms with E-state index in [0.29, 0.717) is 12.5 Å². The molecule has 2 heterocycles. The highest BCUT2D eigenvalue weighted by atomic mass is 19.1. The molecule has 1 fully saturated rings. The van der Waals surface area contributed by atoms with Crippen LogP contribution in [0.4, 0.5) is 4.39 Å². The zero-order valence-corrected chi connectivity index (χ0v) is 12.2. The fourth-order valence-electron chi connectivity index (χ4n) is 2.86. The molecule has 0 aliphatic carbocycles. The number of likely N-dealkylation sites (tertiary alicyclic amines) is 1. The number of aromatic amines is 1. The van der Waals surface area contributed by atoms with Crippen molar-refractivity contribution < 1.29 is 9.13 Å². The van der Waals surface area contributed by atoms with Crippen molar-refractivity contribution in [1.82, 2.24) is 15.1 Å². The van der Waals surface area contributed by atoms with Crippen LogP contribution in [0.1, 0.15) is 23.6 Å².